The number of anilines is 1. The molecule has 0 saturated carbocycles. The van der Waals surface area contributed by atoms with E-state index in [0.29, 0.717) is 5.82 Å². The summed E-state index contributed by atoms with van der Waals surface area (Å²) in [6.45, 7) is 6.16. The first-order valence-corrected chi connectivity index (χ1v) is 4.75. The van der Waals surface area contributed by atoms with Crippen molar-refractivity contribution in [2.75, 3.05) is 12.4 Å². The maximum absolute atomic E-state index is 11.1. The molecular formula is C10H16N4O. The lowest BCUT2D eigenvalue weighted by Crippen LogP contribution is -2.25. The van der Waals surface area contributed by atoms with Crippen LogP contribution in [0.5, 0.6) is 0 Å². The molecule has 0 aliphatic rings. The van der Waals surface area contributed by atoms with Crippen molar-refractivity contribution >= 4 is 11.8 Å². The number of rotatable bonds is 1. The van der Waals surface area contributed by atoms with Crippen LogP contribution in [-0.2, 0) is 5.41 Å². The summed E-state index contributed by atoms with van der Waals surface area (Å²) in [6.07, 6.45) is 1.45. The van der Waals surface area contributed by atoms with Crippen LogP contribution in [0.2, 0.25) is 0 Å². The Hall–Kier alpha value is -1.65. The van der Waals surface area contributed by atoms with Gasteiger partial charge in [0.05, 0.1) is 5.69 Å². The minimum Gasteiger partial charge on any atom is -0.341 e. The zero-order valence-electron chi connectivity index (χ0n) is 9.46. The van der Waals surface area contributed by atoms with Gasteiger partial charge in [0.1, 0.15) is 12.1 Å². The molecule has 1 aromatic rings. The molecule has 5 nitrogen and oxygen atoms in total. The fourth-order valence-electron chi connectivity index (χ4n) is 1.01. The summed E-state index contributed by atoms with van der Waals surface area (Å²) < 4.78 is 0. The van der Waals surface area contributed by atoms with Crippen LogP contribution >= 0.6 is 0 Å². The zero-order chi connectivity index (χ0) is 11.5. The quantitative estimate of drug-likeness (QED) is 0.735. The van der Waals surface area contributed by atoms with Gasteiger partial charge in [-0.1, -0.05) is 20.8 Å². The van der Waals surface area contributed by atoms with Gasteiger partial charge >= 0.3 is 6.03 Å². The van der Waals surface area contributed by atoms with Crippen LogP contribution in [0.1, 0.15) is 26.5 Å². The molecule has 0 aliphatic heterocycles. The summed E-state index contributed by atoms with van der Waals surface area (Å²) in [5, 5.41) is 5.06. The third-order valence-electron chi connectivity index (χ3n) is 1.90. The van der Waals surface area contributed by atoms with E-state index in [1.54, 1.807) is 13.1 Å². The predicted molar refractivity (Wildman–Crippen MR) is 58.8 cm³/mol. The van der Waals surface area contributed by atoms with Crippen molar-refractivity contribution in [3.05, 3.63) is 18.1 Å². The molecular weight excluding hydrogens is 192 g/mol. The molecule has 0 saturated heterocycles. The van der Waals surface area contributed by atoms with Crippen molar-refractivity contribution in [1.29, 1.82) is 0 Å². The molecule has 0 bridgehead atoms. The van der Waals surface area contributed by atoms with E-state index < -0.39 is 0 Å². The Morgan fingerprint density at radius 1 is 1.33 bits per heavy atom. The van der Waals surface area contributed by atoms with E-state index in [9.17, 15) is 4.79 Å². The van der Waals surface area contributed by atoms with Crippen LogP contribution in [0, 0.1) is 0 Å². The van der Waals surface area contributed by atoms with Crippen molar-refractivity contribution in [1.82, 2.24) is 15.3 Å². The fourth-order valence-corrected chi connectivity index (χ4v) is 1.01. The lowest BCUT2D eigenvalue weighted by atomic mass is 9.92. The summed E-state index contributed by atoms with van der Waals surface area (Å²) in [5.41, 5.74) is 0.839. The standard InChI is InChI=1S/C10H16N4O/c1-10(2,3)7-5-8(13-6-12-7)14-9(15)11-4/h5-6H,1-4H3,(H2,11,12,13,14,15). The van der Waals surface area contributed by atoms with Crippen LogP contribution in [0.15, 0.2) is 12.4 Å². The number of aromatic nitrogens is 2. The van der Waals surface area contributed by atoms with Crippen LogP contribution in [0.4, 0.5) is 10.6 Å². The highest BCUT2D eigenvalue weighted by atomic mass is 16.2. The molecule has 0 spiro atoms. The molecule has 0 atom stereocenters. The SMILES string of the molecule is CNC(=O)Nc1cc(C(C)(C)C)ncn1. The third kappa shape index (κ3) is 3.19. The van der Waals surface area contributed by atoms with E-state index in [1.807, 2.05) is 0 Å². The van der Waals surface area contributed by atoms with Crippen LogP contribution in [-0.4, -0.2) is 23.0 Å². The number of hydrogen-bond donors (Lipinski definition) is 2. The van der Waals surface area contributed by atoms with Gasteiger partial charge in [0.15, 0.2) is 0 Å². The van der Waals surface area contributed by atoms with E-state index in [2.05, 4.69) is 41.4 Å². The first kappa shape index (κ1) is 11.4. The Morgan fingerprint density at radius 3 is 2.53 bits per heavy atom. The second-order valence-corrected chi connectivity index (χ2v) is 4.24. The lowest BCUT2D eigenvalue weighted by Gasteiger charge is -2.17. The minimum absolute atomic E-state index is 0.0535. The first-order valence-electron chi connectivity index (χ1n) is 4.75. The number of urea groups is 1. The van der Waals surface area contributed by atoms with Gasteiger partial charge in [-0.2, -0.15) is 0 Å². The van der Waals surface area contributed by atoms with Gasteiger partial charge < -0.3 is 5.32 Å². The number of nitrogens with zero attached hydrogens (tertiary/aromatic N) is 2. The van der Waals surface area contributed by atoms with E-state index in [0.717, 1.165) is 5.69 Å². The molecule has 0 fully saturated rings. The number of carbonyl (C=O) groups excluding carboxylic acids is 1. The molecule has 82 valence electrons. The Balaban J connectivity index is 2.88. The van der Waals surface area contributed by atoms with E-state index in [-0.39, 0.29) is 11.4 Å². The van der Waals surface area contributed by atoms with Crippen molar-refractivity contribution < 1.29 is 4.79 Å². The molecule has 0 aliphatic carbocycles. The minimum atomic E-state index is -0.284. The zero-order valence-corrected chi connectivity index (χ0v) is 9.46. The number of hydrogen-bond acceptors (Lipinski definition) is 3. The maximum Gasteiger partial charge on any atom is 0.320 e. The average molecular weight is 208 g/mol. The molecule has 0 unspecified atom stereocenters. The lowest BCUT2D eigenvalue weighted by molar-refractivity contribution is 0.254. The van der Waals surface area contributed by atoms with E-state index in [1.165, 1.54) is 6.33 Å². The van der Waals surface area contributed by atoms with Gasteiger partial charge in [-0.15, -0.1) is 0 Å². The van der Waals surface area contributed by atoms with Gasteiger partial charge in [0, 0.05) is 18.5 Å². The topological polar surface area (TPSA) is 66.9 Å². The largest absolute Gasteiger partial charge is 0.341 e. The first-order chi connectivity index (χ1) is 6.93. The van der Waals surface area contributed by atoms with Crippen molar-refractivity contribution in [3.8, 4) is 0 Å². The molecule has 2 N–H and O–H groups in total. The number of carbonyl (C=O) groups is 1. The molecule has 15 heavy (non-hydrogen) atoms. The second-order valence-electron chi connectivity index (χ2n) is 4.24. The molecule has 5 heteroatoms. The predicted octanol–water partition coefficient (Wildman–Crippen LogP) is 1.53. The Kier molecular flexibility index (Phi) is 3.24. The number of amides is 2. The van der Waals surface area contributed by atoms with Gasteiger partial charge in [0.25, 0.3) is 0 Å². The van der Waals surface area contributed by atoms with Crippen LogP contribution in [0.25, 0.3) is 0 Å². The highest BCUT2D eigenvalue weighted by Crippen LogP contribution is 2.20. The Morgan fingerprint density at radius 2 is 2.00 bits per heavy atom. The summed E-state index contributed by atoms with van der Waals surface area (Å²) in [7, 11) is 1.56. The molecule has 0 radical (unpaired) electrons. The molecule has 2 amide bonds. The molecule has 1 rings (SSSR count). The van der Waals surface area contributed by atoms with E-state index >= 15 is 0 Å². The van der Waals surface area contributed by atoms with E-state index in [4.69, 9.17) is 0 Å². The molecule has 1 heterocycles. The Labute approximate surface area is 89.3 Å². The fraction of sp³-hybridized carbons (Fsp3) is 0.500. The highest BCUT2D eigenvalue weighted by molar-refractivity contribution is 5.87. The Bertz CT molecular complexity index is 357. The van der Waals surface area contributed by atoms with Crippen molar-refractivity contribution in [2.24, 2.45) is 0 Å². The normalized spacial score (nSPS) is 10.9. The van der Waals surface area contributed by atoms with Crippen LogP contribution < -0.4 is 10.6 Å². The van der Waals surface area contributed by atoms with Gasteiger partial charge in [-0.3, -0.25) is 5.32 Å². The smallest absolute Gasteiger partial charge is 0.320 e. The summed E-state index contributed by atoms with van der Waals surface area (Å²) >= 11 is 0. The average Bonchev–Trinajstić information content (AvgIpc) is 2.17. The van der Waals surface area contributed by atoms with Crippen LogP contribution in [0.3, 0.4) is 0 Å². The summed E-state index contributed by atoms with van der Waals surface area (Å²) in [4.78, 5) is 19.2. The highest BCUT2D eigenvalue weighted by Gasteiger charge is 2.16. The maximum atomic E-state index is 11.1. The number of nitrogens with one attached hydrogen (secondary N) is 2. The van der Waals surface area contributed by atoms with Crippen molar-refractivity contribution in [3.63, 3.8) is 0 Å². The monoisotopic (exact) mass is 208 g/mol. The van der Waals surface area contributed by atoms with Gasteiger partial charge in [0.2, 0.25) is 0 Å². The van der Waals surface area contributed by atoms with Gasteiger partial charge in [-0.25, -0.2) is 14.8 Å². The van der Waals surface area contributed by atoms with Crippen molar-refractivity contribution in [2.45, 2.75) is 26.2 Å². The third-order valence-corrected chi connectivity index (χ3v) is 1.90. The molecule has 0 aromatic carbocycles. The molecule has 1 aromatic heterocycles. The van der Waals surface area contributed by atoms with Gasteiger partial charge in [-0.05, 0) is 0 Å². The summed E-state index contributed by atoms with van der Waals surface area (Å²) in [5.74, 6) is 0.509. The summed E-state index contributed by atoms with van der Waals surface area (Å²) in [6, 6.07) is 1.49. The second kappa shape index (κ2) is 4.25.